The van der Waals surface area contributed by atoms with E-state index in [0.29, 0.717) is 13.1 Å². The molecule has 1 saturated heterocycles. The van der Waals surface area contributed by atoms with Gasteiger partial charge in [0.25, 0.3) is 0 Å². The number of tetrazole rings is 1. The van der Waals surface area contributed by atoms with Crippen molar-refractivity contribution in [3.63, 3.8) is 0 Å². The number of hydrogen-bond donors (Lipinski definition) is 1. The highest BCUT2D eigenvalue weighted by molar-refractivity contribution is 5.76. The van der Waals surface area contributed by atoms with Crippen molar-refractivity contribution in [3.05, 3.63) is 24.5 Å². The first kappa shape index (κ1) is 14.2. The predicted molar refractivity (Wildman–Crippen MR) is 76.7 cm³/mol. The monoisotopic (exact) mass is 303 g/mol. The van der Waals surface area contributed by atoms with Crippen LogP contribution in [-0.4, -0.2) is 55.2 Å². The Morgan fingerprint density at radius 3 is 2.86 bits per heavy atom. The van der Waals surface area contributed by atoms with Crippen LogP contribution in [0.25, 0.3) is 0 Å². The average molecular weight is 303 g/mol. The molecule has 0 aliphatic carbocycles. The topological polar surface area (TPSA) is 112 Å². The van der Waals surface area contributed by atoms with Gasteiger partial charge in [-0.15, -0.1) is 0 Å². The minimum atomic E-state index is -0.0428. The van der Waals surface area contributed by atoms with Gasteiger partial charge in [-0.05, 0) is 22.6 Å². The van der Waals surface area contributed by atoms with Crippen LogP contribution < -0.4 is 10.5 Å². The molecule has 0 atom stereocenters. The van der Waals surface area contributed by atoms with Crippen molar-refractivity contribution >= 4 is 11.9 Å². The summed E-state index contributed by atoms with van der Waals surface area (Å²) in [6, 6.07) is 3.72. The van der Waals surface area contributed by atoms with Crippen LogP contribution >= 0.6 is 0 Å². The summed E-state index contributed by atoms with van der Waals surface area (Å²) in [5.41, 5.74) is 5.56. The summed E-state index contributed by atoms with van der Waals surface area (Å²) in [4.78, 5) is 18.0. The van der Waals surface area contributed by atoms with Gasteiger partial charge in [0, 0.05) is 32.1 Å². The molecule has 0 saturated carbocycles. The first-order valence-corrected chi connectivity index (χ1v) is 7.08. The molecule has 116 valence electrons. The zero-order valence-corrected chi connectivity index (χ0v) is 12.0. The van der Waals surface area contributed by atoms with Crippen LogP contribution in [0.3, 0.4) is 0 Å². The molecule has 2 aromatic rings. The molecule has 2 aromatic heterocycles. The Hall–Kier alpha value is -2.71. The summed E-state index contributed by atoms with van der Waals surface area (Å²) in [5, 5.41) is 10.6. The third kappa shape index (κ3) is 3.30. The van der Waals surface area contributed by atoms with Crippen LogP contribution in [0.5, 0.6) is 5.75 Å². The molecule has 1 aliphatic heterocycles. The molecule has 0 unspecified atom stereocenters. The number of carbonyl (C=O) groups is 1. The molecule has 2 N–H and O–H groups in total. The standard InChI is InChI=1S/C13H17N7O2/c14-13-16-17-18-20(13)9-12(21)19-6-3-10(4-7-19)22-11-2-1-5-15-8-11/h1-2,5,8,10H,3-4,6-7,9H2,(H2,14,16,18). The SMILES string of the molecule is Nc1nnnn1CC(=O)N1CCC(Oc2cccnc2)CC1. The Bertz CT molecular complexity index is 622. The lowest BCUT2D eigenvalue weighted by molar-refractivity contribution is -0.133. The number of pyridine rings is 1. The lowest BCUT2D eigenvalue weighted by Gasteiger charge is -2.32. The van der Waals surface area contributed by atoms with Gasteiger partial charge in [-0.3, -0.25) is 9.78 Å². The van der Waals surface area contributed by atoms with Crippen molar-refractivity contribution in [1.82, 2.24) is 30.1 Å². The van der Waals surface area contributed by atoms with E-state index in [-0.39, 0.29) is 24.5 Å². The first-order chi connectivity index (χ1) is 10.7. The van der Waals surface area contributed by atoms with E-state index in [1.54, 1.807) is 17.3 Å². The molecular weight excluding hydrogens is 286 g/mol. The summed E-state index contributed by atoms with van der Waals surface area (Å²) < 4.78 is 7.14. The zero-order chi connectivity index (χ0) is 15.4. The third-order valence-electron chi connectivity index (χ3n) is 3.58. The third-order valence-corrected chi connectivity index (χ3v) is 3.58. The average Bonchev–Trinajstić information content (AvgIpc) is 2.94. The number of nitrogen functional groups attached to an aromatic ring is 1. The zero-order valence-electron chi connectivity index (χ0n) is 12.0. The van der Waals surface area contributed by atoms with E-state index in [2.05, 4.69) is 20.5 Å². The van der Waals surface area contributed by atoms with Gasteiger partial charge in [0.1, 0.15) is 18.4 Å². The molecule has 9 heteroatoms. The van der Waals surface area contributed by atoms with Gasteiger partial charge in [-0.1, -0.05) is 5.10 Å². The molecular formula is C13H17N7O2. The molecule has 0 aromatic carbocycles. The second kappa shape index (κ2) is 6.37. The quantitative estimate of drug-likeness (QED) is 0.826. The Morgan fingerprint density at radius 1 is 1.41 bits per heavy atom. The minimum absolute atomic E-state index is 0.0428. The van der Waals surface area contributed by atoms with Crippen molar-refractivity contribution in [1.29, 1.82) is 0 Å². The van der Waals surface area contributed by atoms with Crippen LogP contribution in [0.2, 0.25) is 0 Å². The number of piperidine rings is 1. The van der Waals surface area contributed by atoms with Gasteiger partial charge in [-0.25, -0.2) is 4.68 Å². The molecule has 3 rings (SSSR count). The van der Waals surface area contributed by atoms with E-state index in [0.717, 1.165) is 18.6 Å². The second-order valence-corrected chi connectivity index (χ2v) is 5.08. The summed E-state index contributed by atoms with van der Waals surface area (Å²) >= 11 is 0. The number of aromatic nitrogens is 5. The maximum Gasteiger partial charge on any atom is 0.244 e. The van der Waals surface area contributed by atoms with Gasteiger partial charge in [-0.2, -0.15) is 0 Å². The number of carbonyl (C=O) groups excluding carboxylic acids is 1. The highest BCUT2D eigenvalue weighted by atomic mass is 16.5. The number of likely N-dealkylation sites (tertiary alicyclic amines) is 1. The Balaban J connectivity index is 1.49. The number of nitrogens with zero attached hydrogens (tertiary/aromatic N) is 6. The van der Waals surface area contributed by atoms with Gasteiger partial charge >= 0.3 is 0 Å². The fraction of sp³-hybridized carbons (Fsp3) is 0.462. The number of hydrogen-bond acceptors (Lipinski definition) is 7. The molecule has 9 nitrogen and oxygen atoms in total. The van der Waals surface area contributed by atoms with E-state index < -0.39 is 0 Å². The summed E-state index contributed by atoms with van der Waals surface area (Å²) in [5.74, 6) is 0.857. The van der Waals surface area contributed by atoms with E-state index >= 15 is 0 Å². The summed E-state index contributed by atoms with van der Waals surface area (Å²) in [6.45, 7) is 1.35. The van der Waals surface area contributed by atoms with E-state index in [4.69, 9.17) is 10.5 Å². The van der Waals surface area contributed by atoms with Crippen molar-refractivity contribution in [2.75, 3.05) is 18.8 Å². The number of anilines is 1. The second-order valence-electron chi connectivity index (χ2n) is 5.08. The number of nitrogens with two attached hydrogens (primary N) is 1. The fourth-order valence-electron chi connectivity index (χ4n) is 2.38. The number of amides is 1. The predicted octanol–water partition coefficient (Wildman–Crippen LogP) is -0.280. The van der Waals surface area contributed by atoms with Crippen LogP contribution in [0.15, 0.2) is 24.5 Å². The molecule has 1 aliphatic rings. The lowest BCUT2D eigenvalue weighted by atomic mass is 10.1. The van der Waals surface area contributed by atoms with Crippen LogP contribution in [0.4, 0.5) is 5.95 Å². The highest BCUT2D eigenvalue weighted by Crippen LogP contribution is 2.18. The van der Waals surface area contributed by atoms with Crippen molar-refractivity contribution in [2.24, 2.45) is 0 Å². The van der Waals surface area contributed by atoms with Gasteiger partial charge in [0.2, 0.25) is 11.9 Å². The minimum Gasteiger partial charge on any atom is -0.489 e. The number of ether oxygens (including phenoxy) is 1. The van der Waals surface area contributed by atoms with Crippen molar-refractivity contribution in [2.45, 2.75) is 25.5 Å². The largest absolute Gasteiger partial charge is 0.489 e. The van der Waals surface area contributed by atoms with Gasteiger partial charge in [0.15, 0.2) is 0 Å². The Labute approximate surface area is 127 Å². The fourth-order valence-corrected chi connectivity index (χ4v) is 2.38. The summed E-state index contributed by atoms with van der Waals surface area (Å²) in [7, 11) is 0. The first-order valence-electron chi connectivity index (χ1n) is 7.08. The van der Waals surface area contributed by atoms with E-state index in [9.17, 15) is 4.79 Å². The van der Waals surface area contributed by atoms with Crippen molar-refractivity contribution < 1.29 is 9.53 Å². The number of rotatable bonds is 4. The molecule has 3 heterocycles. The molecule has 0 bridgehead atoms. The van der Waals surface area contributed by atoms with Crippen LogP contribution in [0, 0.1) is 0 Å². The maximum atomic E-state index is 12.2. The smallest absolute Gasteiger partial charge is 0.244 e. The summed E-state index contributed by atoms with van der Waals surface area (Å²) in [6.07, 6.45) is 5.07. The molecule has 1 fully saturated rings. The van der Waals surface area contributed by atoms with E-state index in [1.807, 2.05) is 12.1 Å². The highest BCUT2D eigenvalue weighted by Gasteiger charge is 2.24. The van der Waals surface area contributed by atoms with Gasteiger partial charge in [0.05, 0.1) is 6.20 Å². The molecule has 22 heavy (non-hydrogen) atoms. The molecule has 0 radical (unpaired) electrons. The molecule has 1 amide bonds. The van der Waals surface area contributed by atoms with Crippen LogP contribution in [-0.2, 0) is 11.3 Å². The van der Waals surface area contributed by atoms with Crippen molar-refractivity contribution in [3.8, 4) is 5.75 Å². The maximum absolute atomic E-state index is 12.2. The van der Waals surface area contributed by atoms with E-state index in [1.165, 1.54) is 4.68 Å². The normalized spacial score (nSPS) is 15.7. The Kier molecular flexibility index (Phi) is 4.12. The van der Waals surface area contributed by atoms with Gasteiger partial charge < -0.3 is 15.4 Å². The Morgan fingerprint density at radius 2 is 2.23 bits per heavy atom. The lowest BCUT2D eigenvalue weighted by Crippen LogP contribution is -2.43. The van der Waals surface area contributed by atoms with Crippen LogP contribution in [0.1, 0.15) is 12.8 Å². The molecule has 0 spiro atoms.